The van der Waals surface area contributed by atoms with Gasteiger partial charge in [0.15, 0.2) is 0 Å². The molecule has 0 fully saturated rings. The van der Waals surface area contributed by atoms with Crippen LogP contribution in [0.25, 0.3) is 0 Å². The molecule has 0 aromatic heterocycles. The summed E-state index contributed by atoms with van der Waals surface area (Å²) in [6, 6.07) is 23.5. The summed E-state index contributed by atoms with van der Waals surface area (Å²) in [4.78, 5) is 12.2. The largest absolute Gasteiger partial charge is 0.489 e. The molecule has 0 saturated heterocycles. The molecular weight excluding hydrogens is 414 g/mol. The molecular formula is C23H23N3O4S. The molecule has 160 valence electrons. The van der Waals surface area contributed by atoms with Crippen molar-refractivity contribution in [1.29, 1.82) is 0 Å². The molecule has 0 unspecified atom stereocenters. The molecule has 0 atom stereocenters. The van der Waals surface area contributed by atoms with Gasteiger partial charge in [-0.2, -0.15) is 5.10 Å². The third kappa shape index (κ3) is 6.42. The van der Waals surface area contributed by atoms with Gasteiger partial charge in [0.25, 0.3) is 5.91 Å². The van der Waals surface area contributed by atoms with Crippen molar-refractivity contribution < 1.29 is 17.9 Å². The van der Waals surface area contributed by atoms with Crippen LogP contribution in [0.1, 0.15) is 21.5 Å². The molecule has 3 rings (SSSR count). The molecule has 0 spiro atoms. The predicted molar refractivity (Wildman–Crippen MR) is 122 cm³/mol. The molecule has 7 nitrogen and oxygen atoms in total. The third-order valence-electron chi connectivity index (χ3n) is 4.50. The quantitative estimate of drug-likeness (QED) is 0.432. The minimum Gasteiger partial charge on any atom is -0.489 e. The molecule has 0 bridgehead atoms. The minimum atomic E-state index is -3.35. The van der Waals surface area contributed by atoms with E-state index in [0.29, 0.717) is 17.9 Å². The van der Waals surface area contributed by atoms with Crippen LogP contribution in [0, 0.1) is 0 Å². The minimum absolute atomic E-state index is 0.368. The number of hydrazone groups is 1. The second kappa shape index (κ2) is 9.90. The predicted octanol–water partition coefficient (Wildman–Crippen LogP) is 3.43. The van der Waals surface area contributed by atoms with E-state index >= 15 is 0 Å². The maximum atomic E-state index is 12.2. The first-order valence-electron chi connectivity index (χ1n) is 9.47. The zero-order chi connectivity index (χ0) is 22.3. The summed E-state index contributed by atoms with van der Waals surface area (Å²) in [5.74, 6) is 0.344. The van der Waals surface area contributed by atoms with Crippen molar-refractivity contribution in [2.24, 2.45) is 5.10 Å². The summed E-state index contributed by atoms with van der Waals surface area (Å²) in [7, 11) is -1.90. The molecule has 0 heterocycles. The van der Waals surface area contributed by atoms with E-state index in [1.165, 1.54) is 13.3 Å². The standard InChI is InChI=1S/C23H23N3O4S/c1-26(31(2,28)29)21-12-10-20(11-13-21)23(27)25-24-16-18-8-14-22(15-9-18)30-17-19-6-4-3-5-7-19/h3-16H,17H2,1-2H3,(H,25,27)/b24-16-. The Kier molecular flexibility index (Phi) is 7.04. The van der Waals surface area contributed by atoms with Gasteiger partial charge < -0.3 is 4.74 Å². The highest BCUT2D eigenvalue weighted by atomic mass is 32.2. The van der Waals surface area contributed by atoms with Crippen LogP contribution in [0.4, 0.5) is 5.69 Å². The van der Waals surface area contributed by atoms with Gasteiger partial charge >= 0.3 is 0 Å². The molecule has 0 radical (unpaired) electrons. The topological polar surface area (TPSA) is 88.1 Å². The van der Waals surface area contributed by atoms with Crippen molar-refractivity contribution in [2.75, 3.05) is 17.6 Å². The van der Waals surface area contributed by atoms with Gasteiger partial charge in [-0.15, -0.1) is 0 Å². The van der Waals surface area contributed by atoms with Crippen LogP contribution < -0.4 is 14.5 Å². The van der Waals surface area contributed by atoms with Crippen molar-refractivity contribution >= 4 is 27.8 Å². The Morgan fingerprint density at radius 2 is 1.65 bits per heavy atom. The molecule has 0 saturated carbocycles. The van der Waals surface area contributed by atoms with Crippen molar-refractivity contribution in [3.63, 3.8) is 0 Å². The molecule has 0 aliphatic carbocycles. The van der Waals surface area contributed by atoms with Crippen LogP contribution in [0.15, 0.2) is 84.0 Å². The summed E-state index contributed by atoms with van der Waals surface area (Å²) in [5.41, 5.74) is 5.19. The van der Waals surface area contributed by atoms with Gasteiger partial charge in [-0.3, -0.25) is 9.10 Å². The Morgan fingerprint density at radius 1 is 1.00 bits per heavy atom. The monoisotopic (exact) mass is 437 g/mol. The number of hydrogen-bond acceptors (Lipinski definition) is 5. The van der Waals surface area contributed by atoms with Crippen LogP contribution in [-0.2, 0) is 16.6 Å². The number of amides is 1. The Balaban J connectivity index is 1.52. The Labute approximate surface area is 182 Å². The molecule has 0 aliphatic rings. The fourth-order valence-electron chi connectivity index (χ4n) is 2.64. The van der Waals surface area contributed by atoms with Crippen LogP contribution >= 0.6 is 0 Å². The highest BCUT2D eigenvalue weighted by Crippen LogP contribution is 2.16. The number of benzene rings is 3. The van der Waals surface area contributed by atoms with Gasteiger partial charge in [0, 0.05) is 12.6 Å². The Bertz CT molecular complexity index is 1140. The molecule has 1 amide bonds. The average molecular weight is 438 g/mol. The molecule has 3 aromatic carbocycles. The van der Waals surface area contributed by atoms with Gasteiger partial charge in [-0.25, -0.2) is 13.8 Å². The molecule has 0 aliphatic heterocycles. The lowest BCUT2D eigenvalue weighted by Gasteiger charge is -2.16. The molecule has 1 N–H and O–H groups in total. The SMILES string of the molecule is CN(c1ccc(C(=O)N/N=C\c2ccc(OCc3ccccc3)cc2)cc1)S(C)(=O)=O. The lowest BCUT2D eigenvalue weighted by Crippen LogP contribution is -2.25. The number of carbonyl (C=O) groups excluding carboxylic acids is 1. The maximum Gasteiger partial charge on any atom is 0.271 e. The fourth-order valence-corrected chi connectivity index (χ4v) is 3.14. The summed E-state index contributed by atoms with van der Waals surface area (Å²) >= 11 is 0. The molecule has 31 heavy (non-hydrogen) atoms. The second-order valence-corrected chi connectivity index (χ2v) is 8.83. The highest BCUT2D eigenvalue weighted by molar-refractivity contribution is 7.92. The third-order valence-corrected chi connectivity index (χ3v) is 5.70. The van der Waals surface area contributed by atoms with Gasteiger partial charge in [0.05, 0.1) is 18.2 Å². The van der Waals surface area contributed by atoms with Gasteiger partial charge in [-0.1, -0.05) is 30.3 Å². The van der Waals surface area contributed by atoms with E-state index in [4.69, 9.17) is 4.74 Å². The lowest BCUT2D eigenvalue weighted by atomic mass is 10.2. The van der Waals surface area contributed by atoms with E-state index in [1.54, 1.807) is 24.3 Å². The number of carbonyl (C=O) groups is 1. The lowest BCUT2D eigenvalue weighted by molar-refractivity contribution is 0.0955. The highest BCUT2D eigenvalue weighted by Gasteiger charge is 2.12. The number of rotatable bonds is 8. The van der Waals surface area contributed by atoms with E-state index in [1.807, 2.05) is 54.6 Å². The maximum absolute atomic E-state index is 12.2. The Morgan fingerprint density at radius 3 is 2.26 bits per heavy atom. The first kappa shape index (κ1) is 22.0. The van der Waals surface area contributed by atoms with E-state index in [0.717, 1.165) is 27.4 Å². The number of ether oxygens (including phenoxy) is 1. The first-order valence-corrected chi connectivity index (χ1v) is 11.3. The van der Waals surface area contributed by atoms with E-state index in [2.05, 4.69) is 10.5 Å². The second-order valence-electron chi connectivity index (χ2n) is 6.82. The zero-order valence-corrected chi connectivity index (χ0v) is 18.0. The number of nitrogens with zero attached hydrogens (tertiary/aromatic N) is 2. The number of anilines is 1. The fraction of sp³-hybridized carbons (Fsp3) is 0.130. The number of hydrogen-bond donors (Lipinski definition) is 1. The molecule has 8 heteroatoms. The van der Waals surface area contributed by atoms with Crippen molar-refractivity contribution in [2.45, 2.75) is 6.61 Å². The number of sulfonamides is 1. The summed E-state index contributed by atoms with van der Waals surface area (Å²) in [6.07, 6.45) is 2.65. The van der Waals surface area contributed by atoms with Crippen LogP contribution in [0.3, 0.4) is 0 Å². The van der Waals surface area contributed by atoms with Crippen LogP contribution in [0.2, 0.25) is 0 Å². The van der Waals surface area contributed by atoms with E-state index in [-0.39, 0.29) is 0 Å². The van der Waals surface area contributed by atoms with Crippen molar-refractivity contribution in [3.8, 4) is 5.75 Å². The van der Waals surface area contributed by atoms with Gasteiger partial charge in [0.2, 0.25) is 10.0 Å². The average Bonchev–Trinajstić information content (AvgIpc) is 2.78. The zero-order valence-electron chi connectivity index (χ0n) is 17.2. The van der Waals surface area contributed by atoms with E-state index < -0.39 is 15.9 Å². The Hall–Kier alpha value is -3.65. The van der Waals surface area contributed by atoms with Gasteiger partial charge in [0.1, 0.15) is 12.4 Å². The smallest absolute Gasteiger partial charge is 0.271 e. The molecule has 3 aromatic rings. The summed E-state index contributed by atoms with van der Waals surface area (Å²) < 4.78 is 30.0. The summed E-state index contributed by atoms with van der Waals surface area (Å²) in [5, 5.41) is 3.97. The first-order chi connectivity index (χ1) is 14.8. The van der Waals surface area contributed by atoms with Gasteiger partial charge in [-0.05, 0) is 59.7 Å². The van der Waals surface area contributed by atoms with E-state index in [9.17, 15) is 13.2 Å². The van der Waals surface area contributed by atoms with Crippen LogP contribution in [0.5, 0.6) is 5.75 Å². The van der Waals surface area contributed by atoms with Crippen LogP contribution in [-0.4, -0.2) is 33.8 Å². The summed E-state index contributed by atoms with van der Waals surface area (Å²) in [6.45, 7) is 0.489. The van der Waals surface area contributed by atoms with Crippen molar-refractivity contribution in [3.05, 3.63) is 95.6 Å². The normalized spacial score (nSPS) is 11.3. The van der Waals surface area contributed by atoms with Crippen molar-refractivity contribution in [1.82, 2.24) is 5.43 Å². The number of nitrogens with one attached hydrogen (secondary N) is 1.